The number of thiophene rings is 1. The average Bonchev–Trinajstić information content (AvgIpc) is 3.15. The van der Waals surface area contributed by atoms with E-state index in [9.17, 15) is 19.6 Å². The molecule has 1 heterocycles. The highest BCUT2D eigenvalue weighted by Crippen LogP contribution is 2.45. The minimum absolute atomic E-state index is 0.0367. The molecule has 8 heteroatoms. The minimum Gasteiger partial charge on any atom is -0.466 e. The summed E-state index contributed by atoms with van der Waals surface area (Å²) in [6.45, 7) is 3.90. The predicted molar refractivity (Wildman–Crippen MR) is 121 cm³/mol. The summed E-state index contributed by atoms with van der Waals surface area (Å²) < 4.78 is 10.1. The van der Waals surface area contributed by atoms with E-state index in [2.05, 4.69) is 11.4 Å². The van der Waals surface area contributed by atoms with Crippen LogP contribution in [0.15, 0.2) is 30.3 Å². The smallest absolute Gasteiger partial charge is 0.341 e. The molecule has 1 N–H and O–H groups in total. The summed E-state index contributed by atoms with van der Waals surface area (Å²) in [6.07, 6.45) is 1.47. The lowest BCUT2D eigenvalue weighted by Crippen LogP contribution is -2.31. The van der Waals surface area contributed by atoms with E-state index in [-0.39, 0.29) is 32.0 Å². The Labute approximate surface area is 191 Å². The molecule has 0 radical (unpaired) electrons. The van der Waals surface area contributed by atoms with Crippen LogP contribution in [0.5, 0.6) is 0 Å². The summed E-state index contributed by atoms with van der Waals surface area (Å²) in [7, 11) is 0. The quantitative estimate of drug-likeness (QED) is 0.601. The molecule has 0 unspecified atom stereocenters. The molecule has 32 heavy (non-hydrogen) atoms. The Kier molecular flexibility index (Phi) is 7.65. The van der Waals surface area contributed by atoms with E-state index in [1.54, 1.807) is 13.8 Å². The van der Waals surface area contributed by atoms with Gasteiger partial charge >= 0.3 is 11.9 Å². The van der Waals surface area contributed by atoms with Crippen molar-refractivity contribution in [2.75, 3.05) is 18.5 Å². The number of carbonyl (C=O) groups is 3. The van der Waals surface area contributed by atoms with Crippen molar-refractivity contribution in [3.8, 4) is 6.07 Å². The van der Waals surface area contributed by atoms with E-state index >= 15 is 0 Å². The third-order valence-corrected chi connectivity index (χ3v) is 6.64. The summed E-state index contributed by atoms with van der Waals surface area (Å²) in [4.78, 5) is 37.6. The van der Waals surface area contributed by atoms with Gasteiger partial charge in [0.25, 0.3) is 0 Å². The highest BCUT2D eigenvalue weighted by atomic mass is 32.1. The summed E-state index contributed by atoms with van der Waals surface area (Å²) in [6, 6.07) is 12.1. The number of ether oxygens (including phenoxy) is 2. The Morgan fingerprint density at radius 2 is 1.84 bits per heavy atom. The van der Waals surface area contributed by atoms with Crippen LogP contribution in [0.2, 0.25) is 0 Å². The maximum atomic E-state index is 12.7. The second-order valence-corrected chi connectivity index (χ2v) is 8.62. The van der Waals surface area contributed by atoms with Crippen LogP contribution in [0.25, 0.3) is 0 Å². The maximum absolute atomic E-state index is 12.7. The molecule has 2 aromatic rings. The molecule has 1 amide bonds. The lowest BCUT2D eigenvalue weighted by atomic mass is 9.70. The molecule has 1 aromatic heterocycles. The molecular formula is C24H26N2O5S. The molecule has 1 aliphatic rings. The zero-order chi connectivity index (χ0) is 23.1. The van der Waals surface area contributed by atoms with Crippen molar-refractivity contribution < 1.29 is 23.9 Å². The monoisotopic (exact) mass is 454 g/mol. The van der Waals surface area contributed by atoms with Gasteiger partial charge < -0.3 is 14.8 Å². The second-order valence-electron chi connectivity index (χ2n) is 7.52. The van der Waals surface area contributed by atoms with Crippen molar-refractivity contribution in [2.24, 2.45) is 0 Å². The second kappa shape index (κ2) is 10.4. The summed E-state index contributed by atoms with van der Waals surface area (Å²) in [5.41, 5.74) is 1.45. The summed E-state index contributed by atoms with van der Waals surface area (Å²) >= 11 is 1.30. The Bertz CT molecular complexity index is 1040. The van der Waals surface area contributed by atoms with Crippen LogP contribution >= 0.6 is 11.3 Å². The Balaban J connectivity index is 1.89. The molecule has 0 fully saturated rings. The topological polar surface area (TPSA) is 105 Å². The Morgan fingerprint density at radius 3 is 2.50 bits per heavy atom. The number of fused-ring (bicyclic) bond motifs is 1. The van der Waals surface area contributed by atoms with Gasteiger partial charge in [0.2, 0.25) is 5.91 Å². The first-order valence-electron chi connectivity index (χ1n) is 10.7. The zero-order valence-electron chi connectivity index (χ0n) is 18.2. The molecule has 1 aromatic carbocycles. The number of nitrogens with one attached hydrogen (secondary N) is 1. The minimum atomic E-state index is -0.684. The molecule has 0 aliphatic heterocycles. The highest BCUT2D eigenvalue weighted by molar-refractivity contribution is 7.17. The fourth-order valence-electron chi connectivity index (χ4n) is 3.93. The van der Waals surface area contributed by atoms with Gasteiger partial charge in [0.05, 0.1) is 36.7 Å². The number of rotatable bonds is 8. The van der Waals surface area contributed by atoms with E-state index in [1.165, 1.54) is 11.3 Å². The number of amides is 1. The van der Waals surface area contributed by atoms with Crippen LogP contribution < -0.4 is 5.32 Å². The fourth-order valence-corrected chi connectivity index (χ4v) is 5.29. The first-order chi connectivity index (χ1) is 15.4. The third-order valence-electron chi connectivity index (χ3n) is 5.49. The van der Waals surface area contributed by atoms with Crippen molar-refractivity contribution >= 4 is 34.2 Å². The van der Waals surface area contributed by atoms with Crippen LogP contribution in [0, 0.1) is 11.3 Å². The van der Waals surface area contributed by atoms with Crippen LogP contribution in [-0.2, 0) is 37.3 Å². The number of nitrogens with zero attached hydrogens (tertiary/aromatic N) is 1. The third kappa shape index (κ3) is 5.00. The molecular weight excluding hydrogens is 428 g/mol. The van der Waals surface area contributed by atoms with Crippen LogP contribution in [0.3, 0.4) is 0 Å². The molecule has 0 saturated carbocycles. The molecule has 7 nitrogen and oxygen atoms in total. The molecule has 1 atom stereocenters. The van der Waals surface area contributed by atoms with Crippen molar-refractivity contribution in [2.45, 2.75) is 51.4 Å². The Morgan fingerprint density at radius 1 is 1.12 bits per heavy atom. The van der Waals surface area contributed by atoms with E-state index < -0.39 is 17.4 Å². The van der Waals surface area contributed by atoms with E-state index in [1.807, 2.05) is 30.3 Å². The average molecular weight is 455 g/mol. The van der Waals surface area contributed by atoms with Crippen molar-refractivity contribution in [3.63, 3.8) is 0 Å². The zero-order valence-corrected chi connectivity index (χ0v) is 19.0. The Hall–Kier alpha value is -3.18. The van der Waals surface area contributed by atoms with Gasteiger partial charge in [-0.25, -0.2) is 4.79 Å². The maximum Gasteiger partial charge on any atom is 0.341 e. The van der Waals surface area contributed by atoms with Crippen molar-refractivity contribution in [1.29, 1.82) is 5.26 Å². The molecule has 0 spiro atoms. The number of benzene rings is 1. The number of nitriles is 1. The number of hydrogen-bond donors (Lipinski definition) is 1. The van der Waals surface area contributed by atoms with Gasteiger partial charge in [0.15, 0.2) is 0 Å². The first-order valence-corrected chi connectivity index (χ1v) is 11.5. The van der Waals surface area contributed by atoms with Gasteiger partial charge in [-0.2, -0.15) is 5.26 Å². The largest absolute Gasteiger partial charge is 0.466 e. The number of carbonyl (C=O) groups excluding carboxylic acids is 3. The van der Waals surface area contributed by atoms with Gasteiger partial charge in [-0.3, -0.25) is 9.59 Å². The molecule has 1 aliphatic carbocycles. The van der Waals surface area contributed by atoms with E-state index in [4.69, 9.17) is 9.47 Å². The van der Waals surface area contributed by atoms with Gasteiger partial charge in [0.1, 0.15) is 5.00 Å². The van der Waals surface area contributed by atoms with Crippen molar-refractivity contribution in [1.82, 2.24) is 0 Å². The summed E-state index contributed by atoms with van der Waals surface area (Å²) in [5, 5.41) is 13.2. The normalized spacial score (nSPS) is 17.0. The first kappa shape index (κ1) is 23.5. The van der Waals surface area contributed by atoms with Crippen LogP contribution in [0.4, 0.5) is 5.00 Å². The van der Waals surface area contributed by atoms with E-state index in [0.717, 1.165) is 16.0 Å². The van der Waals surface area contributed by atoms with Gasteiger partial charge in [-0.05, 0) is 37.8 Å². The lowest BCUT2D eigenvalue weighted by molar-refractivity contribution is -0.144. The van der Waals surface area contributed by atoms with Gasteiger partial charge in [-0.1, -0.05) is 30.3 Å². The van der Waals surface area contributed by atoms with Crippen LogP contribution in [0.1, 0.15) is 59.5 Å². The summed E-state index contributed by atoms with van der Waals surface area (Å²) in [5.74, 6) is -1.31. The molecule has 0 saturated heterocycles. The standard InChI is InChI=1S/C24H26N2O5S/c1-3-30-20(28)11-10-19(27)26-22-21(23(29)31-4-2)17-12-13-24(15-25,14-18(17)32-22)16-8-6-5-7-9-16/h5-9H,3-4,10-14H2,1-2H3,(H,26,27)/t24-/m0/s1. The predicted octanol–water partition coefficient (Wildman–Crippen LogP) is 4.16. The highest BCUT2D eigenvalue weighted by Gasteiger charge is 2.40. The number of esters is 2. The fraction of sp³-hybridized carbons (Fsp3) is 0.417. The van der Waals surface area contributed by atoms with Crippen LogP contribution in [-0.4, -0.2) is 31.1 Å². The molecule has 168 valence electrons. The number of hydrogen-bond acceptors (Lipinski definition) is 7. The molecule has 3 rings (SSSR count). The SMILES string of the molecule is CCOC(=O)CCC(=O)Nc1sc2c(c1C(=O)OCC)CC[C@](C#N)(c1ccccc1)C2. The lowest BCUT2D eigenvalue weighted by Gasteiger charge is -2.31. The number of anilines is 1. The van der Waals surface area contributed by atoms with Gasteiger partial charge in [0, 0.05) is 17.7 Å². The van der Waals surface area contributed by atoms with Gasteiger partial charge in [-0.15, -0.1) is 11.3 Å². The molecule has 0 bridgehead atoms. The van der Waals surface area contributed by atoms with E-state index in [0.29, 0.717) is 29.8 Å². The van der Waals surface area contributed by atoms with Crippen molar-refractivity contribution in [3.05, 3.63) is 51.9 Å².